The van der Waals surface area contributed by atoms with Crippen LogP contribution in [0.3, 0.4) is 0 Å². The maximum atomic E-state index is 13.0. The van der Waals surface area contributed by atoms with Crippen LogP contribution in [-0.2, 0) is 65.4 Å². The second-order valence-electron chi connectivity index (χ2n) is 24.7. The highest BCUT2D eigenvalue weighted by Gasteiger charge is 2.30. The van der Waals surface area contributed by atoms with Crippen LogP contribution in [0, 0.1) is 23.7 Å². The van der Waals surface area contributed by atoms with Gasteiger partial charge < -0.3 is 33.8 Å². The van der Waals surface area contributed by atoms with Crippen LogP contribution in [0.15, 0.2) is 0 Å². The average Bonchev–Trinajstić information content (AvgIpc) is 3.41. The summed E-state index contributed by atoms with van der Waals surface area (Å²) >= 11 is 0. The minimum absolute atomic E-state index is 0.101. The van der Waals surface area contributed by atoms with Gasteiger partial charge in [0, 0.05) is 25.7 Å². The highest BCUT2D eigenvalue weighted by molar-refractivity contribution is 7.47. The molecule has 0 aromatic rings. The Bertz CT molecular complexity index is 1640. The van der Waals surface area contributed by atoms with Gasteiger partial charge in [-0.2, -0.15) is 0 Å². The van der Waals surface area contributed by atoms with Gasteiger partial charge in [-0.15, -0.1) is 0 Å². The molecule has 0 radical (unpaired) electrons. The van der Waals surface area contributed by atoms with Gasteiger partial charge in [-0.25, -0.2) is 9.13 Å². The molecule has 0 aliphatic rings. The molecule has 17 nitrogen and oxygen atoms in total. The monoisotopic (exact) mass is 1210 g/mol. The molecule has 0 bridgehead atoms. The molecule has 0 fully saturated rings. The van der Waals surface area contributed by atoms with Gasteiger partial charge in [0.1, 0.15) is 19.3 Å². The van der Waals surface area contributed by atoms with Gasteiger partial charge in [-0.1, -0.05) is 248 Å². The molecule has 0 amide bonds. The number of phosphoric acid groups is 2. The van der Waals surface area contributed by atoms with E-state index in [9.17, 15) is 43.2 Å². The van der Waals surface area contributed by atoms with Gasteiger partial charge in [0.15, 0.2) is 12.2 Å². The van der Waals surface area contributed by atoms with Crippen molar-refractivity contribution in [1.29, 1.82) is 0 Å². The zero-order chi connectivity index (χ0) is 61.1. The van der Waals surface area contributed by atoms with E-state index in [-0.39, 0.29) is 25.7 Å². The Morgan fingerprint density at radius 1 is 0.305 bits per heavy atom. The second kappa shape index (κ2) is 53.3. The zero-order valence-electron chi connectivity index (χ0n) is 53.1. The normalized spacial score (nSPS) is 14.5. The van der Waals surface area contributed by atoms with Crippen molar-refractivity contribution in [2.75, 3.05) is 39.6 Å². The Labute approximate surface area is 498 Å². The summed E-state index contributed by atoms with van der Waals surface area (Å²) < 4.78 is 67.9. The summed E-state index contributed by atoms with van der Waals surface area (Å²) in [6, 6.07) is 0. The quantitative estimate of drug-likeness (QED) is 0.0222. The molecule has 486 valence electrons. The lowest BCUT2D eigenvalue weighted by Gasteiger charge is -2.21. The van der Waals surface area contributed by atoms with Crippen molar-refractivity contribution in [3.8, 4) is 0 Å². The zero-order valence-corrected chi connectivity index (χ0v) is 54.9. The van der Waals surface area contributed by atoms with E-state index in [1.54, 1.807) is 0 Å². The molecule has 0 aromatic carbocycles. The number of rotatable bonds is 60. The predicted octanol–water partition coefficient (Wildman–Crippen LogP) is 17.0. The predicted molar refractivity (Wildman–Crippen MR) is 326 cm³/mol. The van der Waals surface area contributed by atoms with Crippen molar-refractivity contribution in [3.05, 3.63) is 0 Å². The number of esters is 4. The smallest absolute Gasteiger partial charge is 0.462 e. The van der Waals surface area contributed by atoms with Crippen LogP contribution in [0.25, 0.3) is 0 Å². The first-order chi connectivity index (χ1) is 39.1. The van der Waals surface area contributed by atoms with Gasteiger partial charge in [-0.3, -0.25) is 37.3 Å². The van der Waals surface area contributed by atoms with Crippen molar-refractivity contribution in [3.63, 3.8) is 0 Å². The lowest BCUT2D eigenvalue weighted by molar-refractivity contribution is -0.161. The van der Waals surface area contributed by atoms with Crippen LogP contribution in [0.4, 0.5) is 0 Å². The number of phosphoric ester groups is 2. The van der Waals surface area contributed by atoms with E-state index >= 15 is 0 Å². The summed E-state index contributed by atoms with van der Waals surface area (Å²) in [5.74, 6) is 0.689. The van der Waals surface area contributed by atoms with E-state index in [4.69, 9.17) is 37.0 Å². The van der Waals surface area contributed by atoms with Crippen LogP contribution in [0.5, 0.6) is 0 Å². The van der Waals surface area contributed by atoms with Gasteiger partial charge in [0.25, 0.3) is 0 Å². The molecule has 0 spiro atoms. The van der Waals surface area contributed by atoms with E-state index in [1.807, 2.05) is 0 Å². The number of unbranched alkanes of at least 4 members (excludes halogenated alkanes) is 26. The molecule has 3 N–H and O–H groups in total. The van der Waals surface area contributed by atoms with Crippen LogP contribution in [0.2, 0.25) is 0 Å². The molecule has 3 unspecified atom stereocenters. The first-order valence-corrected chi connectivity index (χ1v) is 35.7. The Balaban J connectivity index is 5.24. The molecular formula is C63H122O17P2. The maximum absolute atomic E-state index is 13.0. The number of carbonyl (C=O) groups is 4. The summed E-state index contributed by atoms with van der Waals surface area (Å²) in [7, 11) is -9.89. The minimum atomic E-state index is -4.94. The highest BCUT2D eigenvalue weighted by Crippen LogP contribution is 2.45. The van der Waals surface area contributed by atoms with Crippen LogP contribution in [0.1, 0.15) is 299 Å². The third-order valence-electron chi connectivity index (χ3n) is 14.3. The fraction of sp³-hybridized carbons (Fsp3) is 0.937. The van der Waals surface area contributed by atoms with E-state index < -0.39 is 97.5 Å². The summed E-state index contributed by atoms with van der Waals surface area (Å²) in [6.45, 7) is 13.9. The number of ether oxygens (including phenoxy) is 4. The standard InChI is InChI=1S/C63H122O17P2/c1-53(2)39-31-23-15-10-9-11-18-27-35-43-60(65)73-49-58(79-62(67)45-37-29-20-14-17-25-33-41-55(5)6)51-77-81(69,70)75-47-57(64)48-76-82(71,72)78-52-59(80-63(68)46-38-30-22-21-26-34-42-56(7)8)50-74-61(66)44-36-28-19-13-12-16-24-32-40-54(3)4/h53-59,64H,9-52H2,1-8H3,(H,69,70)(H,71,72)/t57?,58-,59-/m1/s1. The van der Waals surface area contributed by atoms with Gasteiger partial charge in [0.05, 0.1) is 26.4 Å². The number of hydrogen-bond acceptors (Lipinski definition) is 15. The summed E-state index contributed by atoms with van der Waals surface area (Å²) in [5, 5.41) is 10.5. The lowest BCUT2D eigenvalue weighted by Crippen LogP contribution is -2.30. The molecule has 0 aliphatic carbocycles. The highest BCUT2D eigenvalue weighted by atomic mass is 31.2. The molecule has 0 aromatic heterocycles. The van der Waals surface area contributed by atoms with Crippen LogP contribution in [-0.4, -0.2) is 96.7 Å². The van der Waals surface area contributed by atoms with Crippen molar-refractivity contribution in [1.82, 2.24) is 0 Å². The number of aliphatic hydroxyl groups is 1. The average molecular weight is 1210 g/mol. The molecule has 19 heteroatoms. The van der Waals surface area contributed by atoms with Crippen LogP contribution < -0.4 is 0 Å². The fourth-order valence-corrected chi connectivity index (χ4v) is 10.8. The lowest BCUT2D eigenvalue weighted by atomic mass is 10.0. The largest absolute Gasteiger partial charge is 0.472 e. The van der Waals surface area contributed by atoms with E-state index in [0.29, 0.717) is 37.5 Å². The molecule has 0 rings (SSSR count). The molecule has 0 heterocycles. The molecule has 5 atom stereocenters. The van der Waals surface area contributed by atoms with Gasteiger partial charge in [-0.05, 0) is 49.4 Å². The van der Waals surface area contributed by atoms with Crippen molar-refractivity contribution in [2.24, 2.45) is 23.7 Å². The molecule has 0 saturated heterocycles. The molecule has 0 saturated carbocycles. The van der Waals surface area contributed by atoms with E-state index in [0.717, 1.165) is 102 Å². The Kier molecular flexibility index (Phi) is 52.0. The molecule has 0 aliphatic heterocycles. The molecule has 82 heavy (non-hydrogen) atoms. The Morgan fingerprint density at radius 3 is 0.756 bits per heavy atom. The number of carbonyl (C=O) groups excluding carboxylic acids is 4. The van der Waals surface area contributed by atoms with Crippen molar-refractivity contribution in [2.45, 2.75) is 318 Å². The third kappa shape index (κ3) is 57.2. The number of aliphatic hydroxyl groups excluding tert-OH is 1. The summed E-state index contributed by atoms with van der Waals surface area (Å²) in [4.78, 5) is 72.1. The minimum Gasteiger partial charge on any atom is -0.462 e. The Hall–Kier alpha value is -1.94. The third-order valence-corrected chi connectivity index (χ3v) is 16.2. The first kappa shape index (κ1) is 80.1. The topological polar surface area (TPSA) is 237 Å². The second-order valence-corrected chi connectivity index (χ2v) is 27.6. The maximum Gasteiger partial charge on any atom is 0.472 e. The van der Waals surface area contributed by atoms with Crippen LogP contribution >= 0.6 is 15.6 Å². The van der Waals surface area contributed by atoms with E-state index in [2.05, 4.69) is 55.4 Å². The first-order valence-electron chi connectivity index (χ1n) is 32.7. The van der Waals surface area contributed by atoms with Gasteiger partial charge >= 0.3 is 39.5 Å². The summed E-state index contributed by atoms with van der Waals surface area (Å²) in [6.07, 6.45) is 32.4. The van der Waals surface area contributed by atoms with Crippen molar-refractivity contribution < 1.29 is 80.2 Å². The number of hydrogen-bond donors (Lipinski definition) is 3. The summed E-state index contributed by atoms with van der Waals surface area (Å²) in [5.41, 5.74) is 0. The van der Waals surface area contributed by atoms with E-state index in [1.165, 1.54) is 103 Å². The van der Waals surface area contributed by atoms with Crippen molar-refractivity contribution >= 4 is 39.5 Å². The Morgan fingerprint density at radius 2 is 0.512 bits per heavy atom. The SMILES string of the molecule is CC(C)CCCCCCCCCCCC(=O)OC[C@H](COP(=O)(O)OCC(O)COP(=O)(O)OC[C@@H](COC(=O)CCCCCCCCCCC(C)C)OC(=O)CCCCCCCCC(C)C)OC(=O)CCCCCCCCCC(C)C. The van der Waals surface area contributed by atoms with Gasteiger partial charge in [0.2, 0.25) is 0 Å². The fourth-order valence-electron chi connectivity index (χ4n) is 9.25. The molecular weight excluding hydrogens is 1090 g/mol.